The van der Waals surface area contributed by atoms with Gasteiger partial charge in [-0.25, -0.2) is 37.6 Å². The van der Waals surface area contributed by atoms with Crippen molar-refractivity contribution in [1.29, 1.82) is 0 Å². The highest BCUT2D eigenvalue weighted by molar-refractivity contribution is 14.1. The Labute approximate surface area is 580 Å². The number of nitrogens with zero attached hydrogens (tertiary/aromatic N) is 8. The van der Waals surface area contributed by atoms with Crippen molar-refractivity contribution in [3.8, 4) is 0 Å². The van der Waals surface area contributed by atoms with Crippen molar-refractivity contribution in [2.45, 2.75) is 171 Å². The van der Waals surface area contributed by atoms with Crippen LogP contribution in [0.4, 0.5) is 17.5 Å². The number of amidine groups is 1. The van der Waals surface area contributed by atoms with E-state index in [1.807, 2.05) is 29.5 Å². The lowest BCUT2D eigenvalue weighted by Crippen LogP contribution is -2.43. The summed E-state index contributed by atoms with van der Waals surface area (Å²) in [6.45, 7) is 16.3. The molecule has 23 N–H and O–H groups in total. The number of aliphatic hydroxyl groups is 8. The van der Waals surface area contributed by atoms with E-state index >= 15 is 0 Å². The highest BCUT2D eigenvalue weighted by atomic mass is 127. The maximum atomic E-state index is 12.3. The zero-order chi connectivity index (χ0) is 76.0. The lowest BCUT2D eigenvalue weighted by Gasteiger charge is -2.36. The zero-order valence-electron chi connectivity index (χ0n) is 54.1. The average molecular weight is 1650 g/mol. The van der Waals surface area contributed by atoms with E-state index in [0.717, 1.165) is 13.7 Å². The van der Waals surface area contributed by atoms with Crippen molar-refractivity contribution in [2.24, 2.45) is 4.99 Å². The molecular weight excluding hydrogens is 1560 g/mol. The molecule has 4 fully saturated rings. The summed E-state index contributed by atoms with van der Waals surface area (Å²) in [5.74, 6) is 0.192. The number of aliphatic hydroxyl groups excluding tert-OH is 8. The lowest BCUT2D eigenvalue weighted by atomic mass is 10.1. The molecule has 566 valence electrons. The second-order valence-corrected chi connectivity index (χ2v) is 34.8. The molecule has 3 aromatic rings. The molecule has 3 aromatic heterocycles. The molecule has 8 rings (SSSR count). The van der Waals surface area contributed by atoms with Crippen LogP contribution >= 0.6 is 53.9 Å². The molecular formula is C49H81IN12O33P4Si. The lowest BCUT2D eigenvalue weighted by molar-refractivity contribution is -0.117. The Kier molecular flexibility index (Phi) is 29.7. The fraction of sp³-hybridized carbons (Fsp3) is 0.633. The Morgan fingerprint density at radius 3 is 1.30 bits per heavy atom. The summed E-state index contributed by atoms with van der Waals surface area (Å²) < 4.78 is 90.9. The van der Waals surface area contributed by atoms with Gasteiger partial charge in [-0.05, 0) is 54.1 Å². The van der Waals surface area contributed by atoms with Crippen LogP contribution in [0.5, 0.6) is 0 Å². The van der Waals surface area contributed by atoms with E-state index in [1.165, 1.54) is 30.4 Å². The summed E-state index contributed by atoms with van der Waals surface area (Å²) in [4.78, 5) is 133. The molecule has 0 bridgehead atoms. The summed E-state index contributed by atoms with van der Waals surface area (Å²) in [6.07, 6.45) is -15.8. The maximum absolute atomic E-state index is 12.3. The molecule has 0 aromatic carbocycles. The van der Waals surface area contributed by atoms with Crippen LogP contribution in [0.1, 0.15) is 70.9 Å². The molecule has 16 atom stereocenters. The largest absolute Gasteiger partial charge is 0.469 e. The molecule has 0 saturated carbocycles. The monoisotopic (exact) mass is 1640 g/mol. The van der Waals surface area contributed by atoms with Gasteiger partial charge in [-0.3, -0.25) is 36.6 Å². The molecule has 51 heteroatoms. The van der Waals surface area contributed by atoms with Crippen LogP contribution in [-0.2, 0) is 71.1 Å². The number of halogens is 1. The van der Waals surface area contributed by atoms with Gasteiger partial charge in [0.2, 0.25) is 5.91 Å². The third kappa shape index (κ3) is 23.4. The van der Waals surface area contributed by atoms with Gasteiger partial charge in [0.05, 0.1) is 36.6 Å². The van der Waals surface area contributed by atoms with E-state index in [0.29, 0.717) is 32.5 Å². The van der Waals surface area contributed by atoms with Gasteiger partial charge in [0.15, 0.2) is 33.2 Å². The highest BCUT2D eigenvalue weighted by Crippen LogP contribution is 2.43. The van der Waals surface area contributed by atoms with Gasteiger partial charge in [-0.2, -0.15) is 15.0 Å². The number of hydrogen-bond acceptors (Lipinski definition) is 33. The minimum Gasteiger partial charge on any atom is -0.412 e. The third-order valence-corrected chi connectivity index (χ3v) is 22.7. The summed E-state index contributed by atoms with van der Waals surface area (Å²) in [7, 11) is -21.2. The van der Waals surface area contributed by atoms with Crippen molar-refractivity contribution >= 4 is 91.4 Å². The number of carbonyl (C=O) groups is 1. The number of phosphoric ester groups is 4. The number of rotatable bonds is 20. The molecule has 45 nitrogen and oxygen atoms in total. The predicted octanol–water partition coefficient (Wildman–Crippen LogP) is -4.75. The first kappa shape index (κ1) is 86.0. The van der Waals surface area contributed by atoms with Crippen molar-refractivity contribution < 1.29 is 145 Å². The Bertz CT molecular complexity index is 3730. The van der Waals surface area contributed by atoms with Crippen LogP contribution in [0.25, 0.3) is 0 Å². The van der Waals surface area contributed by atoms with E-state index < -0.39 is 181 Å². The van der Waals surface area contributed by atoms with Crippen LogP contribution in [0, 0.1) is 10.5 Å². The number of nitrogens with two attached hydrogens (primary N) is 3. The van der Waals surface area contributed by atoms with Gasteiger partial charge < -0.3 is 131 Å². The Balaban J connectivity index is 0.000000242. The second kappa shape index (κ2) is 34.5. The maximum Gasteiger partial charge on any atom is 0.469 e. The molecule has 4 saturated heterocycles. The minimum atomic E-state index is -4.80. The van der Waals surface area contributed by atoms with Gasteiger partial charge in [0.25, 0.3) is 0 Å². The molecule has 5 aliphatic rings. The third-order valence-electron chi connectivity index (χ3n) is 15.5. The summed E-state index contributed by atoms with van der Waals surface area (Å²) in [5, 5.41) is 82.8. The number of ether oxygens (including phenoxy) is 4. The number of anilines is 3. The van der Waals surface area contributed by atoms with Crippen molar-refractivity contribution in [2.75, 3.05) is 43.6 Å². The quantitative estimate of drug-likeness (QED) is 0.0287. The predicted molar refractivity (Wildman–Crippen MR) is 349 cm³/mol. The van der Waals surface area contributed by atoms with Crippen LogP contribution in [0.2, 0.25) is 18.1 Å². The van der Waals surface area contributed by atoms with Crippen LogP contribution in [-0.4, -0.2) is 240 Å². The molecule has 0 aliphatic carbocycles. The van der Waals surface area contributed by atoms with E-state index in [9.17, 15) is 78.3 Å². The number of aromatic nitrogens is 6. The molecule has 5 aliphatic heterocycles. The molecule has 100 heavy (non-hydrogen) atoms. The van der Waals surface area contributed by atoms with E-state index in [4.69, 9.17) is 79.7 Å². The van der Waals surface area contributed by atoms with Crippen molar-refractivity contribution in [3.63, 3.8) is 0 Å². The van der Waals surface area contributed by atoms with E-state index in [-0.39, 0.29) is 40.8 Å². The number of aryl methyl sites for hydroxylation is 1. The molecule has 0 spiro atoms. The number of amides is 1. The average Bonchev–Trinajstić information content (AvgIpc) is 1.62. The van der Waals surface area contributed by atoms with Crippen molar-refractivity contribution in [1.82, 2.24) is 38.9 Å². The fourth-order valence-electron chi connectivity index (χ4n) is 9.08. The SMILES string of the molecule is C=C1N=C(NC(C)=O)C(CC)=CN1C1O[C@H](COP(=O)(O)O)[C@@H](O)[C@H]1O.CC(C)(C)[Si](C)(C)OCc1cn(C2O[C@H](COP(=O)(O)O)[C@@H](O)[C@H]2O)c(=O)nc1N.Cc1cn(C2O[C@H](COP(=O)(O)O)[C@@H](O)[C@H]2O)c(=O)nc1N.Nc1nc(=O)n(C2O[C@H](COP(=O)(O)O)[C@@H](O)[C@H]2O)cc1I. The normalized spacial score (nSPS) is 28.1. The van der Waals surface area contributed by atoms with Crippen molar-refractivity contribution in [3.05, 3.63) is 88.9 Å². The standard InChI is InChI=1S/C16H30N3O9PSi.C14H22N3O8P.C10H16N3O8P.C9H13IN3O8P/c1-16(2,3)30(4,5)27-7-9-6-19(15(22)18-13(9)17)14-12(21)11(20)10(28-14)8-26-29(23,24)25;1-4-9-5-17(7(2)15-13(9)16-8(3)18)14-12(20)11(19)10(25-14)6-24-26(21,22)23;1-4-2-13(10(16)12-8(4)11)9-7(15)6(14)5(21-9)3-20-22(17,18)19;10-3-1-13(9(16)12-7(3)11)8-6(15)5(14)4(21-8)2-20-22(17,18)19/h6,10-12,14,20-21H,7-8H2,1-5H3,(H2,17,18,22)(H2,23,24,25);5,10-12,14,19-20H,2,4,6H2,1,3H3,(H,15,16,18)(H2,21,22,23);2,5-7,9,14-15H,3H2,1H3,(H2,11,12,16)(H2,17,18,19);1,4-6,8,14-15H,2H2,(H2,11,12,16)(H2,17,18,19)/t2*10-,11-,12-,14?;5-,6-,7-,9?;4-,5-,6-,8?/m1111/s1. The first-order valence-electron chi connectivity index (χ1n) is 29.1. The van der Waals surface area contributed by atoms with Gasteiger partial charge in [-0.1, -0.05) is 34.3 Å². The Hall–Kier alpha value is -4.67. The van der Waals surface area contributed by atoms with Crippen LogP contribution in [0.15, 0.2) is 62.1 Å². The topological polar surface area (TPSA) is 702 Å². The highest BCUT2D eigenvalue weighted by Gasteiger charge is 2.50. The fourth-order valence-corrected chi connectivity index (χ4v) is 11.8. The molecule has 4 unspecified atom stereocenters. The number of hydrogen-bond donors (Lipinski definition) is 20. The number of phosphoric acid groups is 4. The smallest absolute Gasteiger partial charge is 0.412 e. The van der Waals surface area contributed by atoms with Gasteiger partial charge >= 0.3 is 48.4 Å². The summed E-state index contributed by atoms with van der Waals surface area (Å²) in [6, 6.07) is 0. The molecule has 0 radical (unpaired) electrons. The second-order valence-electron chi connectivity index (χ2n) is 23.9. The van der Waals surface area contributed by atoms with Crippen LogP contribution in [0.3, 0.4) is 0 Å². The number of nitrogen functional groups attached to an aromatic ring is 3. The Morgan fingerprint density at radius 1 is 0.600 bits per heavy atom. The number of nitrogens with one attached hydrogen (secondary N) is 1. The van der Waals surface area contributed by atoms with E-state index in [1.54, 1.807) is 13.1 Å². The van der Waals surface area contributed by atoms with Gasteiger partial charge in [0, 0.05) is 48.4 Å². The van der Waals surface area contributed by atoms with Gasteiger partial charge in [-0.15, -0.1) is 0 Å². The molecule has 1 amide bonds. The first-order chi connectivity index (χ1) is 45.8. The summed E-state index contributed by atoms with van der Waals surface area (Å²) >= 11 is 1.82. The number of aliphatic imine (C=N–C) groups is 1. The first-order valence-corrected chi connectivity index (χ1v) is 39.2. The van der Waals surface area contributed by atoms with Crippen LogP contribution < -0.4 is 39.6 Å². The minimum absolute atomic E-state index is 0.0104. The summed E-state index contributed by atoms with van der Waals surface area (Å²) in [5.41, 5.74) is 15.9. The Morgan fingerprint density at radius 2 is 0.940 bits per heavy atom. The molecule has 8 heterocycles. The van der Waals surface area contributed by atoms with E-state index in [2.05, 4.69) is 83.8 Å². The van der Waals surface area contributed by atoms with Gasteiger partial charge in [0.1, 0.15) is 102 Å². The number of carbonyl (C=O) groups excluding carboxylic acids is 1. The zero-order valence-corrected chi connectivity index (χ0v) is 60.8.